The van der Waals surface area contributed by atoms with Crippen molar-refractivity contribution in [3.8, 4) is 11.3 Å². The molecule has 1 saturated heterocycles. The zero-order valence-electron chi connectivity index (χ0n) is 25.3. The van der Waals surface area contributed by atoms with Crippen LogP contribution < -0.4 is 0 Å². The van der Waals surface area contributed by atoms with E-state index in [2.05, 4.69) is 42.8 Å². The Balaban J connectivity index is 1.35. The molecule has 0 unspecified atom stereocenters. The molecule has 2 amide bonds. The summed E-state index contributed by atoms with van der Waals surface area (Å²) >= 11 is 3.50. The molecule has 224 valence electrons. The number of methoxy groups -OCH3 is 1. The summed E-state index contributed by atoms with van der Waals surface area (Å²) in [6, 6.07) is 10.1. The van der Waals surface area contributed by atoms with Crippen LogP contribution in [0.2, 0.25) is 0 Å². The van der Waals surface area contributed by atoms with Crippen LogP contribution in [0.5, 0.6) is 0 Å². The molecule has 0 atom stereocenters. The molecule has 0 radical (unpaired) electrons. The first-order valence-electron chi connectivity index (χ1n) is 14.6. The van der Waals surface area contributed by atoms with Crippen LogP contribution in [-0.2, 0) is 19.7 Å². The Morgan fingerprint density at radius 2 is 1.64 bits per heavy atom. The average Bonchev–Trinajstić information content (AvgIpc) is 3.39. The fourth-order valence-electron chi connectivity index (χ4n) is 6.25. The van der Waals surface area contributed by atoms with Crippen molar-refractivity contribution in [3.05, 3.63) is 52.3 Å². The molecule has 5 rings (SSSR count). The van der Waals surface area contributed by atoms with Crippen molar-refractivity contribution in [2.75, 3.05) is 26.7 Å². The maximum atomic E-state index is 13.9. The molecule has 1 aliphatic heterocycles. The monoisotopic (exact) mass is 637 g/mol. The van der Waals surface area contributed by atoms with Gasteiger partial charge in [-0.25, -0.2) is 9.50 Å². The lowest BCUT2D eigenvalue weighted by molar-refractivity contribution is -0.149. The number of esters is 1. The number of imidazole rings is 1. The average molecular weight is 639 g/mol. The first-order valence-corrected chi connectivity index (χ1v) is 15.4. The predicted octanol–water partition coefficient (Wildman–Crippen LogP) is 5.50. The summed E-state index contributed by atoms with van der Waals surface area (Å²) < 4.78 is 7.61. The van der Waals surface area contributed by atoms with E-state index in [-0.39, 0.29) is 35.0 Å². The number of amides is 2. The number of piperazine rings is 1. The normalized spacial score (nSPS) is 20.9. The number of carbonyl (C=O) groups is 3. The highest BCUT2D eigenvalue weighted by Gasteiger charge is 2.42. The maximum absolute atomic E-state index is 13.9. The molecule has 42 heavy (non-hydrogen) atoms. The van der Waals surface area contributed by atoms with Gasteiger partial charge >= 0.3 is 5.97 Å². The molecule has 2 aromatic heterocycles. The number of fused-ring (bicyclic) bond motifs is 1. The molecule has 3 aromatic rings. The minimum absolute atomic E-state index is 0.0933. The van der Waals surface area contributed by atoms with E-state index in [1.165, 1.54) is 7.11 Å². The highest BCUT2D eigenvalue weighted by atomic mass is 79.9. The molecular formula is C32H40BrN5O4. The molecule has 2 fully saturated rings. The molecule has 0 N–H and O–H groups in total. The summed E-state index contributed by atoms with van der Waals surface area (Å²) in [5.74, 6) is -0.443. The van der Waals surface area contributed by atoms with Gasteiger partial charge in [0.2, 0.25) is 5.91 Å². The molecule has 9 nitrogen and oxygen atoms in total. The lowest BCUT2D eigenvalue weighted by atomic mass is 9.81. The summed E-state index contributed by atoms with van der Waals surface area (Å²) in [5.41, 5.74) is 3.01. The zero-order valence-corrected chi connectivity index (χ0v) is 26.9. The SMILES string of the molecule is COC(=O)[C@H]1CC[C@@H](C(=O)N2CCN(C(=O)c3cn4nc(-c5ccc(Br)cc5)cc(C(C)(C)C)c4n3)C(C)(C)C2)CC1. The Labute approximate surface area is 255 Å². The summed E-state index contributed by atoms with van der Waals surface area (Å²) in [6.07, 6.45) is 4.44. The van der Waals surface area contributed by atoms with Gasteiger partial charge in [0, 0.05) is 41.2 Å². The number of carbonyl (C=O) groups excluding carboxylic acids is 3. The molecule has 0 bridgehead atoms. The quantitative estimate of drug-likeness (QED) is 0.351. The first kappa shape index (κ1) is 30.2. The van der Waals surface area contributed by atoms with Gasteiger partial charge in [0.1, 0.15) is 5.69 Å². The maximum Gasteiger partial charge on any atom is 0.308 e. The fourth-order valence-corrected chi connectivity index (χ4v) is 6.52. The van der Waals surface area contributed by atoms with E-state index in [0.29, 0.717) is 56.7 Å². The van der Waals surface area contributed by atoms with Crippen molar-refractivity contribution in [3.63, 3.8) is 0 Å². The van der Waals surface area contributed by atoms with Gasteiger partial charge in [-0.3, -0.25) is 14.4 Å². The van der Waals surface area contributed by atoms with E-state index in [1.807, 2.05) is 47.9 Å². The lowest BCUT2D eigenvalue weighted by Gasteiger charge is -2.47. The van der Waals surface area contributed by atoms with Crippen molar-refractivity contribution in [2.45, 2.75) is 71.3 Å². The van der Waals surface area contributed by atoms with E-state index in [9.17, 15) is 14.4 Å². The van der Waals surface area contributed by atoms with Crippen molar-refractivity contribution < 1.29 is 19.1 Å². The topological polar surface area (TPSA) is 97.1 Å². The molecule has 2 aliphatic rings. The van der Waals surface area contributed by atoms with Crippen LogP contribution in [0.15, 0.2) is 41.0 Å². The molecule has 1 aromatic carbocycles. The third kappa shape index (κ3) is 5.96. The van der Waals surface area contributed by atoms with Gasteiger partial charge in [0.05, 0.1) is 30.5 Å². The molecule has 1 aliphatic carbocycles. The van der Waals surface area contributed by atoms with E-state index in [4.69, 9.17) is 14.8 Å². The summed E-state index contributed by atoms with van der Waals surface area (Å²) in [7, 11) is 1.41. The van der Waals surface area contributed by atoms with Crippen LogP contribution in [0, 0.1) is 11.8 Å². The molecular weight excluding hydrogens is 598 g/mol. The molecule has 0 spiro atoms. The summed E-state index contributed by atoms with van der Waals surface area (Å²) in [4.78, 5) is 47.8. The number of rotatable bonds is 4. The Morgan fingerprint density at radius 3 is 2.24 bits per heavy atom. The first-order chi connectivity index (χ1) is 19.8. The number of hydrogen-bond acceptors (Lipinski definition) is 6. The largest absolute Gasteiger partial charge is 0.469 e. The number of nitrogens with zero attached hydrogens (tertiary/aromatic N) is 5. The molecule has 10 heteroatoms. The van der Waals surface area contributed by atoms with Crippen molar-refractivity contribution in [1.29, 1.82) is 0 Å². The molecule has 3 heterocycles. The lowest BCUT2D eigenvalue weighted by Crippen LogP contribution is -2.62. The van der Waals surface area contributed by atoms with Gasteiger partial charge < -0.3 is 14.5 Å². The van der Waals surface area contributed by atoms with Crippen LogP contribution in [0.4, 0.5) is 0 Å². The number of ether oxygens (including phenoxy) is 1. The van der Waals surface area contributed by atoms with E-state index < -0.39 is 5.54 Å². The highest BCUT2D eigenvalue weighted by Crippen LogP contribution is 2.34. The number of hydrogen-bond donors (Lipinski definition) is 0. The highest BCUT2D eigenvalue weighted by molar-refractivity contribution is 9.10. The van der Waals surface area contributed by atoms with Crippen molar-refractivity contribution in [2.24, 2.45) is 11.8 Å². The van der Waals surface area contributed by atoms with Crippen LogP contribution in [-0.4, -0.2) is 74.5 Å². The van der Waals surface area contributed by atoms with Gasteiger partial charge in [-0.2, -0.15) is 5.10 Å². The standard InChI is InChI=1S/C32H40BrN5O4/c1-31(2,3)24-17-25(20-11-13-23(33)14-12-20)35-38-18-26(34-27(24)38)29(40)37-16-15-36(19-32(37,4)5)28(39)21-7-9-22(10-8-21)30(41)42-6/h11-14,17-18,21-22H,7-10,15-16,19H2,1-6H3/t21-,22+. The second-order valence-electron chi connectivity index (χ2n) is 13.2. The Bertz CT molecular complexity index is 1500. The van der Waals surface area contributed by atoms with E-state index >= 15 is 0 Å². The van der Waals surface area contributed by atoms with Gasteiger partial charge in [-0.05, 0) is 63.1 Å². The summed E-state index contributed by atoms with van der Waals surface area (Å²) in [6.45, 7) is 11.7. The Morgan fingerprint density at radius 1 is 1.00 bits per heavy atom. The Hall–Kier alpha value is -3.27. The van der Waals surface area contributed by atoms with Gasteiger partial charge in [0.25, 0.3) is 5.91 Å². The second-order valence-corrected chi connectivity index (χ2v) is 14.1. The Kier molecular flexibility index (Phi) is 8.22. The van der Waals surface area contributed by atoms with Crippen molar-refractivity contribution >= 4 is 39.4 Å². The van der Waals surface area contributed by atoms with Crippen LogP contribution >= 0.6 is 15.9 Å². The van der Waals surface area contributed by atoms with E-state index in [1.54, 1.807) is 10.7 Å². The predicted molar refractivity (Wildman–Crippen MR) is 164 cm³/mol. The van der Waals surface area contributed by atoms with Crippen LogP contribution in [0.1, 0.15) is 76.4 Å². The van der Waals surface area contributed by atoms with Gasteiger partial charge in [-0.15, -0.1) is 0 Å². The third-order valence-electron chi connectivity index (χ3n) is 8.66. The van der Waals surface area contributed by atoms with Gasteiger partial charge in [0.15, 0.2) is 5.65 Å². The van der Waals surface area contributed by atoms with Gasteiger partial charge in [-0.1, -0.05) is 48.8 Å². The minimum atomic E-state index is -0.577. The smallest absolute Gasteiger partial charge is 0.308 e. The summed E-state index contributed by atoms with van der Waals surface area (Å²) in [5, 5.41) is 4.83. The molecule has 1 saturated carbocycles. The van der Waals surface area contributed by atoms with Crippen molar-refractivity contribution in [1.82, 2.24) is 24.4 Å². The number of halogens is 1. The van der Waals surface area contributed by atoms with E-state index in [0.717, 1.165) is 21.3 Å². The third-order valence-corrected chi connectivity index (χ3v) is 9.19. The number of benzene rings is 1. The van der Waals surface area contributed by atoms with Crippen LogP contribution in [0.25, 0.3) is 16.9 Å². The fraction of sp³-hybridized carbons (Fsp3) is 0.531. The van der Waals surface area contributed by atoms with Crippen LogP contribution in [0.3, 0.4) is 0 Å². The number of aromatic nitrogens is 3. The minimum Gasteiger partial charge on any atom is -0.469 e. The second kappa shape index (κ2) is 11.4. The zero-order chi connectivity index (χ0) is 30.4.